The molecule has 3 aromatic heterocycles. The molecule has 11 rings (SSSR count). The highest BCUT2D eigenvalue weighted by Crippen LogP contribution is 2.52. The van der Waals surface area contributed by atoms with Crippen LogP contribution in [0.25, 0.3) is 32.9 Å². The smallest absolute Gasteiger partial charge is 0.226 e. The van der Waals surface area contributed by atoms with Crippen LogP contribution >= 0.6 is 23.2 Å². The first kappa shape index (κ1) is 32.6. The Kier molecular flexibility index (Phi) is 7.68. The maximum Gasteiger partial charge on any atom is 0.226 e. The van der Waals surface area contributed by atoms with Gasteiger partial charge >= 0.3 is 0 Å². The lowest BCUT2D eigenvalue weighted by molar-refractivity contribution is -0.133. The van der Waals surface area contributed by atoms with E-state index in [1.807, 2.05) is 24.0 Å². The SMILES string of the molecule is Cc1nc2c(F)c(-c3cccc(Cl)c3Cl)c(CCC#N)cc2c2c1cc([C@H]1C[C@H](n3cnc(C4CCC4)n3)CN1C(=O)C1CC1)n2[C@H]1[C@H]2CN[C@@H]1C2. The molecule has 6 fully saturated rings. The number of hydrogen-bond donors (Lipinski definition) is 1. The summed E-state index contributed by atoms with van der Waals surface area (Å²) in [6, 6.07) is 12.0. The maximum atomic E-state index is 17.2. The zero-order chi connectivity index (χ0) is 35.4. The number of nitrogens with zero attached hydrogens (tertiary/aromatic N) is 7. The predicted molar refractivity (Wildman–Crippen MR) is 198 cm³/mol. The van der Waals surface area contributed by atoms with Gasteiger partial charge in [-0.15, -0.1) is 0 Å². The monoisotopic (exact) mass is 736 g/mol. The number of amides is 1. The van der Waals surface area contributed by atoms with Crippen LogP contribution in [-0.4, -0.2) is 54.3 Å². The minimum absolute atomic E-state index is 0.00715. The molecule has 12 heteroatoms. The third-order valence-electron chi connectivity index (χ3n) is 12.6. The maximum absolute atomic E-state index is 17.2. The number of hydrogen-bond acceptors (Lipinski definition) is 6. The van der Waals surface area contributed by atoms with E-state index in [1.165, 1.54) is 6.42 Å². The summed E-state index contributed by atoms with van der Waals surface area (Å²) in [5.74, 6) is 1.60. The molecule has 5 aromatic rings. The van der Waals surface area contributed by atoms with Gasteiger partial charge in [0.05, 0.1) is 39.8 Å². The van der Waals surface area contributed by atoms with Gasteiger partial charge in [-0.2, -0.15) is 10.4 Å². The molecule has 0 radical (unpaired) electrons. The van der Waals surface area contributed by atoms with Crippen LogP contribution in [0.2, 0.25) is 10.0 Å². The number of rotatable bonds is 8. The second-order valence-corrected chi connectivity index (χ2v) is 16.4. The lowest BCUT2D eigenvalue weighted by Crippen LogP contribution is -2.41. The fourth-order valence-electron chi connectivity index (χ4n) is 9.51. The summed E-state index contributed by atoms with van der Waals surface area (Å²) < 4.78 is 21.7. The molecule has 3 saturated heterocycles. The standard InChI is InChI=1S/C40H39Cl2FN8O/c1-20-27-16-32(31-15-25(18-49(31)40(52)22-10-11-22)50-19-46-39(48-50)21-5-2-6-21)51(37-24-14-30(37)45-17-24)38(27)28-13-23(7-4-12-44)33(35(43)36(28)47-20)26-8-3-9-29(41)34(26)42/h3,8-9,13,16,19,21-22,24-25,30-31,37,45H,2,4-7,10-11,14-15,17-18H2,1H3/t24-,25+,30-,31-,37+/m1/s1. The number of likely N-dealkylation sites (tertiary alicyclic amines) is 1. The Balaban J connectivity index is 1.18. The number of halogens is 3. The molecule has 6 aliphatic rings. The minimum atomic E-state index is -0.469. The van der Waals surface area contributed by atoms with Crippen LogP contribution in [-0.2, 0) is 11.2 Å². The van der Waals surface area contributed by atoms with E-state index in [9.17, 15) is 10.1 Å². The number of fused-ring (bicyclic) bond motifs is 4. The van der Waals surface area contributed by atoms with E-state index in [-0.39, 0.29) is 46.9 Å². The summed E-state index contributed by atoms with van der Waals surface area (Å²) >= 11 is 13.1. The second kappa shape index (κ2) is 12.3. The Morgan fingerprint density at radius 1 is 1.13 bits per heavy atom. The van der Waals surface area contributed by atoms with Crippen LogP contribution in [0.15, 0.2) is 36.7 Å². The normalized spacial score (nSPS) is 25.5. The first-order valence-corrected chi connectivity index (χ1v) is 19.5. The lowest BCUT2D eigenvalue weighted by atomic mass is 9.79. The topological polar surface area (TPSA) is 105 Å². The molecule has 0 spiro atoms. The number of nitrogens with one attached hydrogen (secondary N) is 1. The third kappa shape index (κ3) is 4.95. The summed E-state index contributed by atoms with van der Waals surface area (Å²) in [5, 5.41) is 20.6. The van der Waals surface area contributed by atoms with Crippen molar-refractivity contribution in [2.45, 2.75) is 94.8 Å². The van der Waals surface area contributed by atoms with Crippen molar-refractivity contribution < 1.29 is 9.18 Å². The van der Waals surface area contributed by atoms with Crippen molar-refractivity contribution in [1.29, 1.82) is 5.26 Å². The van der Waals surface area contributed by atoms with Gasteiger partial charge in [-0.3, -0.25) is 4.79 Å². The first-order valence-electron chi connectivity index (χ1n) is 18.7. The Morgan fingerprint density at radius 2 is 1.98 bits per heavy atom. The molecule has 1 amide bonds. The number of carbonyl (C=O) groups is 1. The number of nitriles is 1. The van der Waals surface area contributed by atoms with Gasteiger partial charge in [0.1, 0.15) is 11.8 Å². The van der Waals surface area contributed by atoms with Crippen LogP contribution in [0.3, 0.4) is 0 Å². The zero-order valence-electron chi connectivity index (χ0n) is 29.0. The van der Waals surface area contributed by atoms with Gasteiger partial charge in [-0.25, -0.2) is 19.0 Å². The van der Waals surface area contributed by atoms with E-state index in [0.717, 1.165) is 73.2 Å². The quantitative estimate of drug-likeness (QED) is 0.172. The number of carbonyl (C=O) groups excluding carboxylic acids is 1. The van der Waals surface area contributed by atoms with Crippen molar-refractivity contribution in [3.63, 3.8) is 0 Å². The van der Waals surface area contributed by atoms with E-state index in [4.69, 9.17) is 38.3 Å². The van der Waals surface area contributed by atoms with E-state index in [0.29, 0.717) is 57.9 Å². The van der Waals surface area contributed by atoms with Crippen molar-refractivity contribution in [1.82, 2.24) is 34.5 Å². The number of aryl methyl sites for hydroxylation is 2. The predicted octanol–water partition coefficient (Wildman–Crippen LogP) is 8.38. The fourth-order valence-corrected chi connectivity index (χ4v) is 9.91. The van der Waals surface area contributed by atoms with E-state index < -0.39 is 5.82 Å². The molecular formula is C40H39Cl2FN8O. The van der Waals surface area contributed by atoms with Crippen LogP contribution in [0.4, 0.5) is 4.39 Å². The van der Waals surface area contributed by atoms with Gasteiger partial charge in [0.15, 0.2) is 11.6 Å². The van der Waals surface area contributed by atoms with Crippen molar-refractivity contribution in [2.24, 2.45) is 11.8 Å². The molecule has 5 atom stereocenters. The first-order chi connectivity index (χ1) is 25.3. The molecule has 3 aliphatic carbocycles. The highest BCUT2D eigenvalue weighted by atomic mass is 35.5. The van der Waals surface area contributed by atoms with Gasteiger partial charge in [0.25, 0.3) is 0 Å². The van der Waals surface area contributed by atoms with Crippen LogP contribution in [0, 0.1) is 35.9 Å². The average molecular weight is 738 g/mol. The van der Waals surface area contributed by atoms with Crippen LogP contribution in [0.5, 0.6) is 0 Å². The second-order valence-electron chi connectivity index (χ2n) is 15.7. The van der Waals surface area contributed by atoms with Gasteiger partial charge in [0, 0.05) is 70.7 Å². The molecule has 52 heavy (non-hydrogen) atoms. The molecule has 1 N–H and O–H groups in total. The molecule has 6 heterocycles. The summed E-state index contributed by atoms with van der Waals surface area (Å²) in [6.07, 6.45) is 9.58. The Labute approximate surface area is 311 Å². The van der Waals surface area contributed by atoms with Crippen molar-refractivity contribution in [3.05, 3.63) is 75.3 Å². The molecule has 9 nitrogen and oxygen atoms in total. The summed E-state index contributed by atoms with van der Waals surface area (Å²) in [4.78, 5) is 25.9. The fraction of sp³-hybridized carbons (Fsp3) is 0.475. The number of pyridine rings is 1. The summed E-state index contributed by atoms with van der Waals surface area (Å²) in [5.41, 5.74) is 4.52. The number of aromatic nitrogens is 5. The molecule has 266 valence electrons. The van der Waals surface area contributed by atoms with Gasteiger partial charge in [-0.05, 0) is 81.5 Å². The molecule has 0 unspecified atom stereocenters. The Morgan fingerprint density at radius 3 is 2.69 bits per heavy atom. The van der Waals surface area contributed by atoms with Crippen LogP contribution in [0.1, 0.15) is 98.2 Å². The van der Waals surface area contributed by atoms with Crippen molar-refractivity contribution in [3.8, 4) is 17.2 Å². The zero-order valence-corrected chi connectivity index (χ0v) is 30.5. The largest absolute Gasteiger partial charge is 0.337 e. The molecule has 3 aliphatic heterocycles. The molecular weight excluding hydrogens is 698 g/mol. The molecule has 2 aromatic carbocycles. The Hall–Kier alpha value is -4.04. The third-order valence-corrected chi connectivity index (χ3v) is 13.5. The lowest BCUT2D eigenvalue weighted by Gasteiger charge is -2.39. The summed E-state index contributed by atoms with van der Waals surface area (Å²) in [7, 11) is 0. The highest BCUT2D eigenvalue weighted by Gasteiger charge is 2.51. The molecule has 2 bridgehead atoms. The van der Waals surface area contributed by atoms with Crippen molar-refractivity contribution >= 4 is 50.9 Å². The van der Waals surface area contributed by atoms with Gasteiger partial charge in [0.2, 0.25) is 5.91 Å². The van der Waals surface area contributed by atoms with Crippen LogP contribution < -0.4 is 5.32 Å². The van der Waals surface area contributed by atoms with E-state index >= 15 is 4.39 Å². The minimum Gasteiger partial charge on any atom is -0.337 e. The number of benzene rings is 2. The average Bonchev–Trinajstić information content (AvgIpc) is 3.59. The van der Waals surface area contributed by atoms with Crippen molar-refractivity contribution in [2.75, 3.05) is 13.1 Å². The molecule has 3 saturated carbocycles. The highest BCUT2D eigenvalue weighted by molar-refractivity contribution is 6.43. The van der Waals surface area contributed by atoms with Gasteiger partial charge < -0.3 is 14.8 Å². The van der Waals surface area contributed by atoms with E-state index in [1.54, 1.807) is 18.2 Å². The van der Waals surface area contributed by atoms with E-state index in [2.05, 4.69) is 26.9 Å². The summed E-state index contributed by atoms with van der Waals surface area (Å²) in [6.45, 7) is 3.45. The van der Waals surface area contributed by atoms with Gasteiger partial charge in [-0.1, -0.05) is 41.8 Å². The Bertz CT molecular complexity index is 2320.